The lowest BCUT2D eigenvalue weighted by molar-refractivity contribution is 0.606. The van der Waals surface area contributed by atoms with E-state index >= 15 is 0 Å². The lowest BCUT2D eigenvalue weighted by Crippen LogP contribution is -2.03. The standard InChI is InChI=1S/C19H32/c1-7-8-9-10-11-12-13-19-17(5)15(3)14(2)16(4)18(19)6/h7-13H2,1-6H3. The summed E-state index contributed by atoms with van der Waals surface area (Å²) in [6, 6.07) is 0. The molecule has 0 atom stereocenters. The quantitative estimate of drug-likeness (QED) is 0.517. The Hall–Kier alpha value is -0.780. The summed E-state index contributed by atoms with van der Waals surface area (Å²) in [4.78, 5) is 0. The molecule has 108 valence electrons. The van der Waals surface area contributed by atoms with Crippen LogP contribution in [0.3, 0.4) is 0 Å². The minimum absolute atomic E-state index is 1.27. The van der Waals surface area contributed by atoms with Crippen LogP contribution >= 0.6 is 0 Å². The molecule has 0 saturated carbocycles. The molecule has 0 radical (unpaired) electrons. The van der Waals surface area contributed by atoms with Gasteiger partial charge in [-0.05, 0) is 80.8 Å². The number of hydrogen-bond acceptors (Lipinski definition) is 0. The predicted molar refractivity (Wildman–Crippen MR) is 87.2 cm³/mol. The van der Waals surface area contributed by atoms with Crippen molar-refractivity contribution in [3.05, 3.63) is 33.4 Å². The Morgan fingerprint density at radius 1 is 0.526 bits per heavy atom. The van der Waals surface area contributed by atoms with Crippen molar-refractivity contribution in [3.8, 4) is 0 Å². The molecule has 1 rings (SSSR count). The molecule has 19 heavy (non-hydrogen) atoms. The Bertz CT molecular complexity index is 384. The van der Waals surface area contributed by atoms with Gasteiger partial charge in [-0.2, -0.15) is 0 Å². The molecule has 0 nitrogen and oxygen atoms in total. The van der Waals surface area contributed by atoms with Crippen LogP contribution in [0.4, 0.5) is 0 Å². The lowest BCUT2D eigenvalue weighted by Gasteiger charge is -2.18. The molecule has 0 aliphatic rings. The van der Waals surface area contributed by atoms with Gasteiger partial charge in [0.2, 0.25) is 0 Å². The summed E-state index contributed by atoms with van der Waals surface area (Å²) in [5, 5.41) is 0. The van der Waals surface area contributed by atoms with Gasteiger partial charge in [0.25, 0.3) is 0 Å². The van der Waals surface area contributed by atoms with Crippen molar-refractivity contribution in [1.29, 1.82) is 0 Å². The fourth-order valence-electron chi connectivity index (χ4n) is 3.03. The highest BCUT2D eigenvalue weighted by Gasteiger charge is 2.11. The molecule has 0 aliphatic heterocycles. The van der Waals surface area contributed by atoms with Gasteiger partial charge in [0.05, 0.1) is 0 Å². The Morgan fingerprint density at radius 2 is 0.947 bits per heavy atom. The summed E-state index contributed by atoms with van der Waals surface area (Å²) < 4.78 is 0. The second kappa shape index (κ2) is 7.72. The molecule has 0 heterocycles. The Labute approximate surface area is 120 Å². The molecular formula is C19H32. The number of benzene rings is 1. The average molecular weight is 260 g/mol. The molecule has 0 unspecified atom stereocenters. The highest BCUT2D eigenvalue weighted by molar-refractivity contribution is 5.49. The van der Waals surface area contributed by atoms with Crippen molar-refractivity contribution in [1.82, 2.24) is 0 Å². The van der Waals surface area contributed by atoms with Crippen LogP contribution in [0.5, 0.6) is 0 Å². The topological polar surface area (TPSA) is 0 Å². The molecule has 0 spiro atoms. The third-order valence-corrected chi connectivity index (χ3v) is 4.94. The fraction of sp³-hybridized carbons (Fsp3) is 0.684. The van der Waals surface area contributed by atoms with Crippen LogP contribution in [0, 0.1) is 34.6 Å². The van der Waals surface area contributed by atoms with E-state index in [2.05, 4.69) is 41.5 Å². The first-order chi connectivity index (χ1) is 9.00. The van der Waals surface area contributed by atoms with E-state index in [4.69, 9.17) is 0 Å². The van der Waals surface area contributed by atoms with Crippen molar-refractivity contribution >= 4 is 0 Å². The smallest absolute Gasteiger partial charge is 0.0273 e. The van der Waals surface area contributed by atoms with Crippen LogP contribution in [0.15, 0.2) is 0 Å². The van der Waals surface area contributed by atoms with Gasteiger partial charge in [-0.3, -0.25) is 0 Å². The van der Waals surface area contributed by atoms with Gasteiger partial charge in [-0.25, -0.2) is 0 Å². The first kappa shape index (κ1) is 16.3. The normalized spacial score (nSPS) is 11.1. The van der Waals surface area contributed by atoms with Crippen molar-refractivity contribution in [2.45, 2.75) is 86.5 Å². The molecule has 0 fully saturated rings. The molecule has 0 heteroatoms. The van der Waals surface area contributed by atoms with E-state index in [-0.39, 0.29) is 0 Å². The maximum Gasteiger partial charge on any atom is -0.0273 e. The monoisotopic (exact) mass is 260 g/mol. The molecule has 0 amide bonds. The summed E-state index contributed by atoms with van der Waals surface area (Å²) in [7, 11) is 0. The molecule has 0 saturated heterocycles. The van der Waals surface area contributed by atoms with E-state index in [1.807, 2.05) is 0 Å². The number of hydrogen-bond donors (Lipinski definition) is 0. The summed E-state index contributed by atoms with van der Waals surface area (Å²) >= 11 is 0. The van der Waals surface area contributed by atoms with Crippen LogP contribution in [0.2, 0.25) is 0 Å². The molecule has 0 aromatic heterocycles. The maximum atomic E-state index is 2.31. The van der Waals surface area contributed by atoms with Gasteiger partial charge < -0.3 is 0 Å². The molecule has 1 aromatic carbocycles. The Kier molecular flexibility index (Phi) is 6.62. The van der Waals surface area contributed by atoms with E-state index < -0.39 is 0 Å². The highest BCUT2D eigenvalue weighted by atomic mass is 14.2. The van der Waals surface area contributed by atoms with Crippen LogP contribution in [-0.2, 0) is 6.42 Å². The van der Waals surface area contributed by atoms with Gasteiger partial charge in [0.15, 0.2) is 0 Å². The summed E-state index contributed by atoms with van der Waals surface area (Å²) in [6.45, 7) is 13.7. The van der Waals surface area contributed by atoms with E-state index in [9.17, 15) is 0 Å². The average Bonchev–Trinajstić information content (AvgIpc) is 2.41. The molecular weight excluding hydrogens is 228 g/mol. The van der Waals surface area contributed by atoms with Crippen LogP contribution in [-0.4, -0.2) is 0 Å². The first-order valence-electron chi connectivity index (χ1n) is 8.06. The lowest BCUT2D eigenvalue weighted by atomic mass is 9.87. The number of unbranched alkanes of at least 4 members (excludes halogenated alkanes) is 5. The zero-order valence-corrected chi connectivity index (χ0v) is 13.9. The zero-order chi connectivity index (χ0) is 14.4. The third-order valence-electron chi connectivity index (χ3n) is 4.94. The molecule has 0 N–H and O–H groups in total. The van der Waals surface area contributed by atoms with Gasteiger partial charge in [-0.1, -0.05) is 39.0 Å². The van der Waals surface area contributed by atoms with Crippen molar-refractivity contribution in [3.63, 3.8) is 0 Å². The van der Waals surface area contributed by atoms with E-state index in [0.717, 1.165) is 0 Å². The second-order valence-electron chi connectivity index (χ2n) is 6.12. The summed E-state index contributed by atoms with van der Waals surface area (Å²) in [5.74, 6) is 0. The zero-order valence-electron chi connectivity index (χ0n) is 13.9. The number of rotatable bonds is 7. The molecule has 0 aliphatic carbocycles. The van der Waals surface area contributed by atoms with Crippen LogP contribution in [0.1, 0.15) is 78.8 Å². The van der Waals surface area contributed by atoms with Crippen LogP contribution in [0.25, 0.3) is 0 Å². The van der Waals surface area contributed by atoms with E-state index in [1.54, 1.807) is 5.56 Å². The minimum atomic E-state index is 1.27. The predicted octanol–water partition coefficient (Wildman–Crippen LogP) is 6.13. The summed E-state index contributed by atoms with van der Waals surface area (Å²) in [6.07, 6.45) is 9.59. The van der Waals surface area contributed by atoms with Gasteiger partial charge >= 0.3 is 0 Å². The second-order valence-corrected chi connectivity index (χ2v) is 6.12. The van der Waals surface area contributed by atoms with Gasteiger partial charge in [-0.15, -0.1) is 0 Å². The Balaban J connectivity index is 2.64. The molecule has 1 aromatic rings. The minimum Gasteiger partial charge on any atom is -0.0654 e. The van der Waals surface area contributed by atoms with E-state index in [1.165, 1.54) is 72.8 Å². The third kappa shape index (κ3) is 4.09. The first-order valence-corrected chi connectivity index (χ1v) is 8.06. The fourth-order valence-corrected chi connectivity index (χ4v) is 3.03. The largest absolute Gasteiger partial charge is 0.0654 e. The van der Waals surface area contributed by atoms with Crippen LogP contribution < -0.4 is 0 Å². The molecule has 0 bridgehead atoms. The maximum absolute atomic E-state index is 2.31. The van der Waals surface area contributed by atoms with Crippen molar-refractivity contribution in [2.75, 3.05) is 0 Å². The van der Waals surface area contributed by atoms with Crippen molar-refractivity contribution < 1.29 is 0 Å². The van der Waals surface area contributed by atoms with Gasteiger partial charge in [0.1, 0.15) is 0 Å². The highest BCUT2D eigenvalue weighted by Crippen LogP contribution is 2.27. The SMILES string of the molecule is CCCCCCCCc1c(C)c(C)c(C)c(C)c1C. The summed E-state index contributed by atoms with van der Waals surface area (Å²) in [5.41, 5.74) is 9.19. The Morgan fingerprint density at radius 3 is 1.47 bits per heavy atom. The van der Waals surface area contributed by atoms with Crippen molar-refractivity contribution in [2.24, 2.45) is 0 Å². The van der Waals surface area contributed by atoms with E-state index in [0.29, 0.717) is 0 Å². The van der Waals surface area contributed by atoms with Gasteiger partial charge in [0, 0.05) is 0 Å².